The Kier molecular flexibility index (Phi) is 6.46. The number of aliphatic hydroxyl groups is 1. The number of nitrogen functional groups attached to an aromatic ring is 1. The summed E-state index contributed by atoms with van der Waals surface area (Å²) in [6.45, 7) is 7.87. The lowest BCUT2D eigenvalue weighted by molar-refractivity contribution is 0.234. The molecule has 0 amide bonds. The minimum atomic E-state index is -0.511. The Morgan fingerprint density at radius 3 is 2.29 bits per heavy atom. The van der Waals surface area contributed by atoms with Crippen molar-refractivity contribution in [3.05, 3.63) is 54.5 Å². The summed E-state index contributed by atoms with van der Waals surface area (Å²) in [6.07, 6.45) is 8.21. The summed E-state index contributed by atoms with van der Waals surface area (Å²) in [5, 5.41) is 16.7. The smallest absolute Gasteiger partial charge is 0.278 e. The van der Waals surface area contributed by atoms with E-state index in [2.05, 4.69) is 54.2 Å². The molecule has 0 radical (unpaired) electrons. The molecule has 0 aliphatic rings. The number of nitrogens with zero attached hydrogens (tertiary/aromatic N) is 7. The van der Waals surface area contributed by atoms with E-state index in [1.807, 2.05) is 26.0 Å². The maximum absolute atomic E-state index is 9.41. The van der Waals surface area contributed by atoms with E-state index in [9.17, 15) is 5.11 Å². The highest BCUT2D eigenvalue weighted by Gasteiger charge is 2.25. The Balaban J connectivity index is 1.55. The SMILES string of the molecule is CC(C)C(c1ccc(-c2cnc(N)nc2)nc1)c1noc(-c2cnc(NC(C)(C)CO)cn2)n1. The lowest BCUT2D eigenvalue weighted by Gasteiger charge is -2.23. The van der Waals surface area contributed by atoms with E-state index in [4.69, 9.17) is 10.3 Å². The molecule has 176 valence electrons. The first-order valence-corrected chi connectivity index (χ1v) is 10.8. The molecule has 0 aliphatic heterocycles. The molecule has 4 aromatic rings. The second-order valence-electron chi connectivity index (χ2n) is 8.94. The molecule has 11 heteroatoms. The Morgan fingerprint density at radius 1 is 0.971 bits per heavy atom. The number of nitrogens with two attached hydrogens (primary N) is 1. The summed E-state index contributed by atoms with van der Waals surface area (Å²) in [5.41, 5.74) is 8.00. The van der Waals surface area contributed by atoms with E-state index in [0.717, 1.165) is 16.8 Å². The van der Waals surface area contributed by atoms with Crippen LogP contribution in [0.2, 0.25) is 0 Å². The standard InChI is InChI=1S/C23H27N9O2/c1-13(2)19(14-5-6-16(25-7-14)15-8-28-22(24)29-9-15)20-30-21(34-32-20)17-10-27-18(11-26-17)31-23(3,4)12-33/h5-11,13,19,33H,12H2,1-4H3,(H,27,31)(H2,24,28,29). The number of nitrogens with one attached hydrogen (secondary N) is 1. The first kappa shape index (κ1) is 23.2. The molecule has 4 rings (SSSR count). The van der Waals surface area contributed by atoms with Gasteiger partial charge in [-0.3, -0.25) is 4.98 Å². The van der Waals surface area contributed by atoms with Crippen LogP contribution in [0, 0.1) is 5.92 Å². The van der Waals surface area contributed by atoms with Gasteiger partial charge in [-0.1, -0.05) is 25.1 Å². The maximum atomic E-state index is 9.41. The van der Waals surface area contributed by atoms with Crippen LogP contribution in [0.3, 0.4) is 0 Å². The van der Waals surface area contributed by atoms with Crippen LogP contribution in [0.1, 0.15) is 45.0 Å². The molecule has 0 saturated heterocycles. The molecule has 0 bridgehead atoms. The van der Waals surface area contributed by atoms with Crippen LogP contribution in [-0.2, 0) is 0 Å². The highest BCUT2D eigenvalue weighted by Crippen LogP contribution is 2.31. The molecule has 34 heavy (non-hydrogen) atoms. The van der Waals surface area contributed by atoms with E-state index in [-0.39, 0.29) is 30.3 Å². The topological polar surface area (TPSA) is 162 Å². The normalized spacial score (nSPS) is 12.6. The quantitative estimate of drug-likeness (QED) is 0.353. The fourth-order valence-corrected chi connectivity index (χ4v) is 3.42. The number of rotatable bonds is 8. The Labute approximate surface area is 196 Å². The molecule has 11 nitrogen and oxygen atoms in total. The third-order valence-electron chi connectivity index (χ3n) is 5.23. The van der Waals surface area contributed by atoms with Crippen LogP contribution in [0.4, 0.5) is 11.8 Å². The Morgan fingerprint density at radius 2 is 1.71 bits per heavy atom. The van der Waals surface area contributed by atoms with E-state index in [1.54, 1.807) is 31.0 Å². The third kappa shape index (κ3) is 5.15. The van der Waals surface area contributed by atoms with Gasteiger partial charge in [0, 0.05) is 24.2 Å². The van der Waals surface area contributed by atoms with Gasteiger partial charge in [-0.05, 0) is 31.4 Å². The highest BCUT2D eigenvalue weighted by atomic mass is 16.5. The van der Waals surface area contributed by atoms with Crippen LogP contribution in [-0.4, -0.2) is 52.3 Å². The average Bonchev–Trinajstić information content (AvgIpc) is 3.30. The monoisotopic (exact) mass is 461 g/mol. The van der Waals surface area contributed by atoms with Crippen molar-refractivity contribution < 1.29 is 9.63 Å². The molecular weight excluding hydrogens is 434 g/mol. The van der Waals surface area contributed by atoms with E-state index >= 15 is 0 Å². The van der Waals surface area contributed by atoms with Gasteiger partial charge < -0.3 is 20.7 Å². The predicted molar refractivity (Wildman–Crippen MR) is 126 cm³/mol. The van der Waals surface area contributed by atoms with E-state index in [0.29, 0.717) is 17.3 Å². The van der Waals surface area contributed by atoms with Crippen molar-refractivity contribution in [2.24, 2.45) is 5.92 Å². The van der Waals surface area contributed by atoms with Gasteiger partial charge in [0.1, 0.15) is 11.5 Å². The van der Waals surface area contributed by atoms with Gasteiger partial charge >= 0.3 is 0 Å². The highest BCUT2D eigenvalue weighted by molar-refractivity contribution is 5.57. The molecular formula is C23H27N9O2. The van der Waals surface area contributed by atoms with Crippen LogP contribution >= 0.6 is 0 Å². The fourth-order valence-electron chi connectivity index (χ4n) is 3.42. The molecule has 0 saturated carbocycles. The van der Waals surface area contributed by atoms with Gasteiger partial charge in [0.25, 0.3) is 5.89 Å². The largest absolute Gasteiger partial charge is 0.394 e. The van der Waals surface area contributed by atoms with Crippen molar-refractivity contribution in [3.8, 4) is 22.8 Å². The number of hydrogen-bond donors (Lipinski definition) is 3. The predicted octanol–water partition coefficient (Wildman–Crippen LogP) is 2.93. The summed E-state index contributed by atoms with van der Waals surface area (Å²) in [4.78, 5) is 25.9. The van der Waals surface area contributed by atoms with Gasteiger partial charge in [-0.25, -0.2) is 19.9 Å². The summed E-state index contributed by atoms with van der Waals surface area (Å²) in [6, 6.07) is 3.90. The Bertz CT molecular complexity index is 1220. The number of pyridine rings is 1. The van der Waals surface area contributed by atoms with E-state index in [1.165, 1.54) is 0 Å². The average molecular weight is 462 g/mol. The first-order chi connectivity index (χ1) is 16.3. The summed E-state index contributed by atoms with van der Waals surface area (Å²) in [5.74, 6) is 1.65. The van der Waals surface area contributed by atoms with Crippen LogP contribution in [0.5, 0.6) is 0 Å². The second kappa shape index (κ2) is 9.48. The van der Waals surface area contributed by atoms with Gasteiger partial charge in [0.15, 0.2) is 5.82 Å². The van der Waals surface area contributed by atoms with Crippen LogP contribution < -0.4 is 11.1 Å². The van der Waals surface area contributed by atoms with Crippen molar-refractivity contribution >= 4 is 11.8 Å². The lowest BCUT2D eigenvalue weighted by atomic mass is 9.88. The molecule has 0 fully saturated rings. The van der Waals surface area contributed by atoms with Gasteiger partial charge in [0.05, 0.1) is 36.2 Å². The number of aliphatic hydroxyl groups excluding tert-OH is 1. The van der Waals surface area contributed by atoms with Crippen molar-refractivity contribution in [2.45, 2.75) is 39.2 Å². The molecule has 4 aromatic heterocycles. The summed E-state index contributed by atoms with van der Waals surface area (Å²) < 4.78 is 5.50. The number of hydrogen-bond acceptors (Lipinski definition) is 11. The van der Waals surface area contributed by atoms with Crippen molar-refractivity contribution in [3.63, 3.8) is 0 Å². The van der Waals surface area contributed by atoms with Crippen LogP contribution in [0.15, 0.2) is 47.6 Å². The minimum absolute atomic E-state index is 0.0381. The van der Waals surface area contributed by atoms with Crippen molar-refractivity contribution in [1.82, 2.24) is 35.1 Å². The van der Waals surface area contributed by atoms with Crippen LogP contribution in [0.25, 0.3) is 22.8 Å². The zero-order valence-corrected chi connectivity index (χ0v) is 19.5. The van der Waals surface area contributed by atoms with Crippen molar-refractivity contribution in [1.29, 1.82) is 0 Å². The van der Waals surface area contributed by atoms with Crippen molar-refractivity contribution in [2.75, 3.05) is 17.7 Å². The minimum Gasteiger partial charge on any atom is -0.394 e. The molecule has 0 aromatic carbocycles. The van der Waals surface area contributed by atoms with Gasteiger partial charge in [-0.2, -0.15) is 4.98 Å². The molecule has 1 unspecified atom stereocenters. The zero-order valence-electron chi connectivity index (χ0n) is 19.5. The zero-order chi connectivity index (χ0) is 24.3. The lowest BCUT2D eigenvalue weighted by Crippen LogP contribution is -2.35. The fraction of sp³-hybridized carbons (Fsp3) is 0.348. The summed E-state index contributed by atoms with van der Waals surface area (Å²) >= 11 is 0. The summed E-state index contributed by atoms with van der Waals surface area (Å²) in [7, 11) is 0. The molecule has 4 N–H and O–H groups in total. The van der Waals surface area contributed by atoms with Gasteiger partial charge in [-0.15, -0.1) is 0 Å². The number of anilines is 2. The molecule has 4 heterocycles. The molecule has 0 spiro atoms. The molecule has 1 atom stereocenters. The maximum Gasteiger partial charge on any atom is 0.278 e. The number of aromatic nitrogens is 7. The second-order valence-corrected chi connectivity index (χ2v) is 8.94. The van der Waals surface area contributed by atoms with Gasteiger partial charge in [0.2, 0.25) is 5.95 Å². The first-order valence-electron chi connectivity index (χ1n) is 10.8. The van der Waals surface area contributed by atoms with E-state index < -0.39 is 5.54 Å². The molecule has 0 aliphatic carbocycles. The third-order valence-corrected chi connectivity index (χ3v) is 5.23. The Hall–Kier alpha value is -3.99.